The van der Waals surface area contributed by atoms with Crippen molar-refractivity contribution < 1.29 is 24.2 Å². The Bertz CT molecular complexity index is 1230. The smallest absolute Gasteiger partial charge is 0.309 e. The quantitative estimate of drug-likeness (QED) is 0.166. The molecule has 0 fully saturated rings. The molecule has 5 heteroatoms. The van der Waals surface area contributed by atoms with E-state index in [1.807, 2.05) is 6.07 Å². The molecule has 3 rings (SSSR count). The number of benzene rings is 2. The molecule has 0 spiro atoms. The Morgan fingerprint density at radius 2 is 1.60 bits per heavy atom. The minimum atomic E-state index is -0.833. The fourth-order valence-electron chi connectivity index (χ4n) is 5.25. The van der Waals surface area contributed by atoms with E-state index in [1.165, 1.54) is 5.56 Å². The molecule has 0 aliphatic carbocycles. The summed E-state index contributed by atoms with van der Waals surface area (Å²) < 4.78 is 11.8. The summed E-state index contributed by atoms with van der Waals surface area (Å²) in [4.78, 5) is 12.8. The van der Waals surface area contributed by atoms with Crippen molar-refractivity contribution in [3.63, 3.8) is 0 Å². The number of aryl methyl sites for hydroxylation is 2. The number of rotatable bonds is 13. The van der Waals surface area contributed by atoms with E-state index in [0.717, 1.165) is 53.5 Å². The van der Waals surface area contributed by atoms with Gasteiger partial charge in [0.05, 0.1) is 24.7 Å². The molecule has 0 amide bonds. The van der Waals surface area contributed by atoms with E-state index in [1.54, 1.807) is 0 Å². The zero-order chi connectivity index (χ0) is 29.5. The third kappa shape index (κ3) is 9.21. The van der Waals surface area contributed by atoms with Gasteiger partial charge in [-0.3, -0.25) is 4.79 Å². The Hall–Kier alpha value is -2.63. The van der Waals surface area contributed by atoms with Gasteiger partial charge in [0.1, 0.15) is 11.3 Å². The van der Waals surface area contributed by atoms with Crippen LogP contribution in [0, 0.1) is 16.7 Å². The van der Waals surface area contributed by atoms with Crippen LogP contribution in [0.2, 0.25) is 0 Å². The maximum atomic E-state index is 12.8. The molecule has 0 radical (unpaired) electrons. The minimum absolute atomic E-state index is 0.0325. The Kier molecular flexibility index (Phi) is 11.0. The van der Waals surface area contributed by atoms with E-state index < -0.39 is 12.2 Å². The third-order valence-electron chi connectivity index (χ3n) is 7.69. The van der Waals surface area contributed by atoms with E-state index in [4.69, 9.17) is 9.15 Å². The molecule has 1 aromatic heterocycles. The van der Waals surface area contributed by atoms with Crippen molar-refractivity contribution >= 4 is 16.9 Å². The predicted octanol–water partition coefficient (Wildman–Crippen LogP) is 8.13. The zero-order valence-corrected chi connectivity index (χ0v) is 25.6. The Morgan fingerprint density at radius 1 is 0.925 bits per heavy atom. The van der Waals surface area contributed by atoms with E-state index >= 15 is 0 Å². The summed E-state index contributed by atoms with van der Waals surface area (Å²) in [5.41, 5.74) is 4.27. The number of fused-ring (bicyclic) bond motifs is 1. The highest BCUT2D eigenvalue weighted by Crippen LogP contribution is 2.37. The number of furan rings is 1. The number of hydrogen-bond acceptors (Lipinski definition) is 5. The highest BCUT2D eigenvalue weighted by Gasteiger charge is 2.35. The van der Waals surface area contributed by atoms with Gasteiger partial charge in [-0.05, 0) is 79.0 Å². The first-order valence-corrected chi connectivity index (χ1v) is 14.9. The van der Waals surface area contributed by atoms with Crippen molar-refractivity contribution in [3.05, 3.63) is 59.7 Å². The van der Waals surface area contributed by atoms with Crippen LogP contribution >= 0.6 is 0 Å². The molecular weight excluding hydrogens is 500 g/mol. The molecule has 0 saturated carbocycles. The second-order valence-electron chi connectivity index (χ2n) is 13.5. The monoisotopic (exact) mass is 550 g/mol. The predicted molar refractivity (Wildman–Crippen MR) is 163 cm³/mol. The molecule has 3 atom stereocenters. The first-order valence-electron chi connectivity index (χ1n) is 14.9. The van der Waals surface area contributed by atoms with E-state index in [9.17, 15) is 15.0 Å². The van der Waals surface area contributed by atoms with Crippen LogP contribution in [0.25, 0.3) is 22.3 Å². The molecule has 0 saturated heterocycles. The molecule has 3 unspecified atom stereocenters. The Morgan fingerprint density at radius 3 is 2.25 bits per heavy atom. The molecule has 0 bridgehead atoms. The molecule has 2 aromatic carbocycles. The molecule has 2 N–H and O–H groups in total. The van der Waals surface area contributed by atoms with Gasteiger partial charge in [-0.2, -0.15) is 0 Å². The van der Waals surface area contributed by atoms with Crippen molar-refractivity contribution in [1.82, 2.24) is 0 Å². The van der Waals surface area contributed by atoms with Crippen molar-refractivity contribution in [2.45, 2.75) is 106 Å². The topological polar surface area (TPSA) is 79.9 Å². The standard InChI is InChI=1S/C35H50O5/c1-8-25-14-9-10-15-27(25)32-22-26-19-18-24(21-31(26)40-32)13-11-16-29(36)30(37)17-12-20-39-33(38)28(35(5,6)7)23-34(2,3)4/h9-10,14-15,18-19,21-22,28-30,36-37H,8,11-13,16-17,20,23H2,1-7H3. The number of esters is 1. The van der Waals surface area contributed by atoms with E-state index in [0.29, 0.717) is 19.3 Å². The van der Waals surface area contributed by atoms with Crippen LogP contribution in [0.4, 0.5) is 0 Å². The number of hydrogen-bond donors (Lipinski definition) is 2. The number of carbonyl (C=O) groups is 1. The van der Waals surface area contributed by atoms with Crippen LogP contribution in [-0.4, -0.2) is 35.0 Å². The van der Waals surface area contributed by atoms with Gasteiger partial charge < -0.3 is 19.4 Å². The maximum Gasteiger partial charge on any atom is 0.309 e. The van der Waals surface area contributed by atoms with Crippen LogP contribution in [0.1, 0.15) is 91.7 Å². The number of carbonyl (C=O) groups excluding carboxylic acids is 1. The van der Waals surface area contributed by atoms with Gasteiger partial charge in [-0.1, -0.05) is 84.9 Å². The van der Waals surface area contributed by atoms with E-state index in [2.05, 4.69) is 90.9 Å². The van der Waals surface area contributed by atoms with Crippen molar-refractivity contribution in [2.75, 3.05) is 6.61 Å². The molecule has 0 aliphatic rings. The van der Waals surface area contributed by atoms with Gasteiger partial charge in [-0.15, -0.1) is 0 Å². The Balaban J connectivity index is 1.43. The summed E-state index contributed by atoms with van der Waals surface area (Å²) in [6, 6.07) is 16.7. The van der Waals surface area contributed by atoms with Gasteiger partial charge in [0.15, 0.2) is 0 Å². The van der Waals surface area contributed by atoms with Crippen molar-refractivity contribution in [1.29, 1.82) is 0 Å². The van der Waals surface area contributed by atoms with E-state index in [-0.39, 0.29) is 29.3 Å². The molecule has 40 heavy (non-hydrogen) atoms. The van der Waals surface area contributed by atoms with Gasteiger partial charge >= 0.3 is 5.97 Å². The lowest BCUT2D eigenvalue weighted by Gasteiger charge is -2.33. The molecule has 220 valence electrons. The highest BCUT2D eigenvalue weighted by molar-refractivity contribution is 5.84. The van der Waals surface area contributed by atoms with Gasteiger partial charge in [0, 0.05) is 10.9 Å². The van der Waals surface area contributed by atoms with Gasteiger partial charge in [0.2, 0.25) is 0 Å². The average Bonchev–Trinajstić information content (AvgIpc) is 3.31. The number of aliphatic hydroxyl groups is 2. The molecule has 5 nitrogen and oxygen atoms in total. The Labute approximate surface area is 240 Å². The number of aliphatic hydroxyl groups excluding tert-OH is 2. The fraction of sp³-hybridized carbons (Fsp3) is 0.571. The third-order valence-corrected chi connectivity index (χ3v) is 7.69. The average molecular weight is 551 g/mol. The van der Waals surface area contributed by atoms with Crippen molar-refractivity contribution in [3.8, 4) is 11.3 Å². The summed E-state index contributed by atoms with van der Waals surface area (Å²) >= 11 is 0. The van der Waals surface area contributed by atoms with Crippen LogP contribution in [0.15, 0.2) is 52.9 Å². The van der Waals surface area contributed by atoms with Crippen LogP contribution in [0.5, 0.6) is 0 Å². The number of ether oxygens (including phenoxy) is 1. The maximum absolute atomic E-state index is 12.8. The van der Waals surface area contributed by atoms with Gasteiger partial charge in [0.25, 0.3) is 0 Å². The second kappa shape index (κ2) is 13.8. The van der Waals surface area contributed by atoms with Crippen LogP contribution in [-0.2, 0) is 22.4 Å². The first kappa shape index (κ1) is 31.9. The summed E-state index contributed by atoms with van der Waals surface area (Å²) in [6.07, 6.45) is 3.05. The second-order valence-corrected chi connectivity index (χ2v) is 13.5. The summed E-state index contributed by atoms with van der Waals surface area (Å²) in [6.45, 7) is 15.0. The van der Waals surface area contributed by atoms with Crippen molar-refractivity contribution in [2.24, 2.45) is 16.7 Å². The fourth-order valence-corrected chi connectivity index (χ4v) is 5.25. The normalized spacial score (nSPS) is 14.7. The molecule has 3 aromatic rings. The van der Waals surface area contributed by atoms with Crippen LogP contribution < -0.4 is 0 Å². The summed E-state index contributed by atoms with van der Waals surface area (Å²) in [5.74, 6) is 0.534. The highest BCUT2D eigenvalue weighted by atomic mass is 16.5. The molecule has 0 aliphatic heterocycles. The lowest BCUT2D eigenvalue weighted by atomic mass is 9.72. The minimum Gasteiger partial charge on any atom is -0.465 e. The largest absolute Gasteiger partial charge is 0.465 e. The van der Waals surface area contributed by atoms with Crippen LogP contribution in [0.3, 0.4) is 0 Å². The first-order chi connectivity index (χ1) is 18.8. The SMILES string of the molecule is CCc1ccccc1-c1cc2ccc(CCCC(O)C(O)CCCOC(=O)C(CC(C)(C)C)C(C)(C)C)cc2o1. The summed E-state index contributed by atoms with van der Waals surface area (Å²) in [5, 5.41) is 22.0. The molecule has 1 heterocycles. The summed E-state index contributed by atoms with van der Waals surface area (Å²) in [7, 11) is 0. The lowest BCUT2D eigenvalue weighted by Crippen LogP contribution is -2.34. The zero-order valence-electron chi connectivity index (χ0n) is 25.6. The molecular formula is C35H50O5. The lowest BCUT2D eigenvalue weighted by molar-refractivity contribution is -0.154. The van der Waals surface area contributed by atoms with Gasteiger partial charge in [-0.25, -0.2) is 0 Å².